The van der Waals surface area contributed by atoms with Crippen molar-refractivity contribution >= 4 is 21.2 Å². The highest BCUT2D eigenvalue weighted by Crippen LogP contribution is 2.34. The Morgan fingerprint density at radius 3 is 2.71 bits per heavy atom. The van der Waals surface area contributed by atoms with Crippen molar-refractivity contribution in [3.05, 3.63) is 67.3 Å². The van der Waals surface area contributed by atoms with Crippen LogP contribution in [0.2, 0.25) is 0 Å². The topological polar surface area (TPSA) is 81.2 Å². The first-order valence-electron chi connectivity index (χ1n) is 9.05. The molecule has 3 aromatic heterocycles. The Bertz CT molecular complexity index is 1220. The molecular formula is C20H18N4O3S. The highest BCUT2D eigenvalue weighted by Gasteiger charge is 2.35. The van der Waals surface area contributed by atoms with Crippen LogP contribution in [0.15, 0.2) is 76.6 Å². The molecule has 1 fully saturated rings. The van der Waals surface area contributed by atoms with E-state index in [-0.39, 0.29) is 6.04 Å². The molecule has 0 radical (unpaired) electrons. The molecule has 1 saturated heterocycles. The first kappa shape index (κ1) is 17.2. The van der Waals surface area contributed by atoms with E-state index >= 15 is 0 Å². The molecule has 5 rings (SSSR count). The zero-order chi connectivity index (χ0) is 19.1. The van der Waals surface area contributed by atoms with Gasteiger partial charge in [-0.1, -0.05) is 18.2 Å². The SMILES string of the molecule is O=S(=O)(c1ccccc1)N1CC[C@H](n2c(-c3ccoc3)nc3cccnc32)C1. The minimum absolute atomic E-state index is 0.0525. The summed E-state index contributed by atoms with van der Waals surface area (Å²) in [7, 11) is -3.52. The van der Waals surface area contributed by atoms with E-state index < -0.39 is 10.0 Å². The maximum Gasteiger partial charge on any atom is 0.243 e. The first-order valence-corrected chi connectivity index (χ1v) is 10.5. The van der Waals surface area contributed by atoms with Crippen molar-refractivity contribution in [2.24, 2.45) is 0 Å². The van der Waals surface area contributed by atoms with Crippen LogP contribution in [-0.2, 0) is 10.0 Å². The van der Waals surface area contributed by atoms with Crippen LogP contribution in [-0.4, -0.2) is 40.3 Å². The number of rotatable bonds is 4. The summed E-state index contributed by atoms with van der Waals surface area (Å²) in [6.07, 6.45) is 5.67. The van der Waals surface area contributed by atoms with Gasteiger partial charge in [-0.3, -0.25) is 0 Å². The molecular weight excluding hydrogens is 376 g/mol. The Kier molecular flexibility index (Phi) is 4.03. The van der Waals surface area contributed by atoms with Crippen molar-refractivity contribution in [2.75, 3.05) is 13.1 Å². The normalized spacial score (nSPS) is 18.1. The number of sulfonamides is 1. The largest absolute Gasteiger partial charge is 0.472 e. The quantitative estimate of drug-likeness (QED) is 0.530. The third-order valence-corrected chi connectivity index (χ3v) is 6.98. The van der Waals surface area contributed by atoms with Crippen LogP contribution in [0.3, 0.4) is 0 Å². The predicted molar refractivity (Wildman–Crippen MR) is 104 cm³/mol. The van der Waals surface area contributed by atoms with Gasteiger partial charge in [-0.25, -0.2) is 18.4 Å². The average Bonchev–Trinajstić information content (AvgIpc) is 3.46. The third kappa shape index (κ3) is 2.73. The summed E-state index contributed by atoms with van der Waals surface area (Å²) in [4.78, 5) is 9.54. The molecule has 8 heteroatoms. The minimum atomic E-state index is -3.52. The van der Waals surface area contributed by atoms with E-state index in [1.54, 1.807) is 47.3 Å². The number of pyridine rings is 1. The van der Waals surface area contributed by atoms with Gasteiger partial charge >= 0.3 is 0 Å². The molecule has 1 atom stereocenters. The number of fused-ring (bicyclic) bond motifs is 1. The van der Waals surface area contributed by atoms with E-state index in [1.165, 1.54) is 0 Å². The lowest BCUT2D eigenvalue weighted by molar-refractivity contribution is 0.455. The second-order valence-electron chi connectivity index (χ2n) is 6.78. The smallest absolute Gasteiger partial charge is 0.243 e. The second kappa shape index (κ2) is 6.57. The highest BCUT2D eigenvalue weighted by molar-refractivity contribution is 7.89. The Hall–Kier alpha value is -2.97. The molecule has 4 heterocycles. The average molecular weight is 394 g/mol. The lowest BCUT2D eigenvalue weighted by atomic mass is 10.2. The summed E-state index contributed by atoms with van der Waals surface area (Å²) >= 11 is 0. The Balaban J connectivity index is 1.55. The van der Waals surface area contributed by atoms with Gasteiger partial charge in [0.1, 0.15) is 17.6 Å². The van der Waals surface area contributed by atoms with E-state index in [1.807, 2.05) is 28.8 Å². The van der Waals surface area contributed by atoms with Crippen LogP contribution in [0.1, 0.15) is 12.5 Å². The van der Waals surface area contributed by atoms with Crippen LogP contribution >= 0.6 is 0 Å². The highest BCUT2D eigenvalue weighted by atomic mass is 32.2. The van der Waals surface area contributed by atoms with Gasteiger partial charge in [0.05, 0.1) is 22.8 Å². The summed E-state index contributed by atoms with van der Waals surface area (Å²) in [5, 5.41) is 0. The second-order valence-corrected chi connectivity index (χ2v) is 8.72. The van der Waals surface area contributed by atoms with E-state index in [2.05, 4.69) is 4.98 Å². The molecule has 0 spiro atoms. The van der Waals surface area contributed by atoms with Crippen LogP contribution in [0.4, 0.5) is 0 Å². The fourth-order valence-corrected chi connectivity index (χ4v) is 5.27. The summed E-state index contributed by atoms with van der Waals surface area (Å²) in [5.41, 5.74) is 2.38. The molecule has 0 bridgehead atoms. The molecule has 1 aliphatic rings. The number of imidazole rings is 1. The Morgan fingerprint density at radius 2 is 1.93 bits per heavy atom. The summed E-state index contributed by atoms with van der Waals surface area (Å²) in [6.45, 7) is 0.837. The summed E-state index contributed by atoms with van der Waals surface area (Å²) in [5.74, 6) is 0.742. The molecule has 0 unspecified atom stereocenters. The van der Waals surface area contributed by atoms with Crippen molar-refractivity contribution in [1.82, 2.24) is 18.8 Å². The number of nitrogens with zero attached hydrogens (tertiary/aromatic N) is 4. The molecule has 1 aliphatic heterocycles. The monoisotopic (exact) mass is 394 g/mol. The van der Waals surface area contributed by atoms with E-state index in [0.29, 0.717) is 24.4 Å². The molecule has 0 saturated carbocycles. The van der Waals surface area contributed by atoms with Crippen molar-refractivity contribution in [2.45, 2.75) is 17.4 Å². The molecule has 4 aromatic rings. The maximum atomic E-state index is 13.0. The van der Waals surface area contributed by atoms with Crippen molar-refractivity contribution in [1.29, 1.82) is 0 Å². The molecule has 1 aromatic carbocycles. The predicted octanol–water partition coefficient (Wildman–Crippen LogP) is 3.33. The van der Waals surface area contributed by atoms with Gasteiger partial charge in [-0.05, 0) is 36.8 Å². The van der Waals surface area contributed by atoms with Crippen LogP contribution < -0.4 is 0 Å². The van der Waals surface area contributed by atoms with Gasteiger partial charge in [-0.2, -0.15) is 4.31 Å². The molecule has 0 aliphatic carbocycles. The zero-order valence-electron chi connectivity index (χ0n) is 15.0. The molecule has 0 N–H and O–H groups in total. The third-order valence-electron chi connectivity index (χ3n) is 5.10. The van der Waals surface area contributed by atoms with Gasteiger partial charge < -0.3 is 8.98 Å². The van der Waals surface area contributed by atoms with Crippen molar-refractivity contribution in [3.8, 4) is 11.4 Å². The van der Waals surface area contributed by atoms with Crippen LogP contribution in [0.5, 0.6) is 0 Å². The first-order chi connectivity index (χ1) is 13.6. The molecule has 0 amide bonds. The Labute approximate surface area is 162 Å². The zero-order valence-corrected chi connectivity index (χ0v) is 15.8. The number of benzene rings is 1. The van der Waals surface area contributed by atoms with E-state index in [0.717, 1.165) is 22.6 Å². The number of aromatic nitrogens is 3. The maximum absolute atomic E-state index is 13.0. The minimum Gasteiger partial charge on any atom is -0.472 e. The number of hydrogen-bond acceptors (Lipinski definition) is 5. The van der Waals surface area contributed by atoms with Crippen LogP contribution in [0, 0.1) is 0 Å². The van der Waals surface area contributed by atoms with E-state index in [4.69, 9.17) is 9.40 Å². The fraction of sp³-hybridized carbons (Fsp3) is 0.200. The standard InChI is InChI=1S/C20H18N4O3S/c25-28(26,17-5-2-1-3-6-17)23-11-8-16(13-23)24-19(15-9-12-27-14-15)22-18-7-4-10-21-20(18)24/h1-7,9-10,12,14,16H,8,11,13H2/t16-/m0/s1. The van der Waals surface area contributed by atoms with Crippen LogP contribution in [0.25, 0.3) is 22.6 Å². The van der Waals surface area contributed by atoms with Gasteiger partial charge in [0.25, 0.3) is 0 Å². The van der Waals surface area contributed by atoms with Gasteiger partial charge in [0.15, 0.2) is 5.65 Å². The molecule has 142 valence electrons. The van der Waals surface area contributed by atoms with Gasteiger partial charge in [0, 0.05) is 19.3 Å². The fourth-order valence-electron chi connectivity index (χ4n) is 3.75. The molecule has 28 heavy (non-hydrogen) atoms. The number of furan rings is 1. The summed E-state index contributed by atoms with van der Waals surface area (Å²) in [6, 6.07) is 14.1. The lowest BCUT2D eigenvalue weighted by Gasteiger charge is -2.18. The lowest BCUT2D eigenvalue weighted by Crippen LogP contribution is -2.29. The van der Waals surface area contributed by atoms with Crippen molar-refractivity contribution in [3.63, 3.8) is 0 Å². The van der Waals surface area contributed by atoms with Gasteiger partial charge in [-0.15, -0.1) is 0 Å². The molecule has 7 nitrogen and oxygen atoms in total. The Morgan fingerprint density at radius 1 is 1.07 bits per heavy atom. The van der Waals surface area contributed by atoms with Gasteiger partial charge in [0.2, 0.25) is 10.0 Å². The number of hydrogen-bond donors (Lipinski definition) is 0. The summed E-state index contributed by atoms with van der Waals surface area (Å²) < 4.78 is 34.8. The van der Waals surface area contributed by atoms with E-state index in [9.17, 15) is 8.42 Å². The van der Waals surface area contributed by atoms with Crippen molar-refractivity contribution < 1.29 is 12.8 Å².